The zero-order chi connectivity index (χ0) is 22.8. The first kappa shape index (κ1) is 24.8. The van der Waals surface area contributed by atoms with Crippen LogP contribution in [-0.2, 0) is 4.74 Å². The van der Waals surface area contributed by atoms with Crippen LogP contribution in [0.15, 0.2) is 62.2 Å². The maximum atomic E-state index is 13.6. The summed E-state index contributed by atoms with van der Waals surface area (Å²) in [5, 5.41) is 1.28. The van der Waals surface area contributed by atoms with Crippen LogP contribution >= 0.6 is 39.7 Å². The number of carbonyl (C=O) groups excluding carboxylic acids is 1. The Morgan fingerprint density at radius 3 is 2.76 bits per heavy atom. The van der Waals surface area contributed by atoms with Gasteiger partial charge in [-0.2, -0.15) is 0 Å². The van der Waals surface area contributed by atoms with Crippen LogP contribution in [0.4, 0.5) is 5.13 Å². The Bertz CT molecular complexity index is 1370. The summed E-state index contributed by atoms with van der Waals surface area (Å²) in [7, 11) is 0. The number of nitrogens with zero attached hydrogens (tertiary/aromatic N) is 3. The number of benzene rings is 2. The van der Waals surface area contributed by atoms with Gasteiger partial charge in [0.25, 0.3) is 5.91 Å². The number of fused-ring (bicyclic) bond motifs is 2. The minimum atomic E-state index is -0.638. The molecule has 0 saturated carbocycles. The van der Waals surface area contributed by atoms with Gasteiger partial charge in [0.15, 0.2) is 5.13 Å². The Balaban J connectivity index is 0.00000274. The van der Waals surface area contributed by atoms with E-state index in [-0.39, 0.29) is 18.0 Å². The van der Waals surface area contributed by atoms with Crippen LogP contribution in [0.2, 0.25) is 0 Å². The van der Waals surface area contributed by atoms with Crippen LogP contribution in [0.1, 0.15) is 16.8 Å². The fraction of sp³-hybridized carbons (Fsp3) is 0.292. The molecule has 5 rings (SSSR count). The van der Waals surface area contributed by atoms with Gasteiger partial charge in [0, 0.05) is 36.0 Å². The van der Waals surface area contributed by atoms with Crippen molar-refractivity contribution in [2.45, 2.75) is 6.42 Å². The molecular weight excluding hydrogens is 542 g/mol. The third kappa shape index (κ3) is 5.34. The molecule has 0 N–H and O–H groups in total. The highest BCUT2D eigenvalue weighted by Gasteiger charge is 2.25. The average Bonchev–Trinajstić information content (AvgIpc) is 3.24. The van der Waals surface area contributed by atoms with E-state index in [1.54, 1.807) is 23.1 Å². The molecule has 3 heterocycles. The molecule has 1 aliphatic heterocycles. The largest absolute Gasteiger partial charge is 0.422 e. The number of rotatable bonds is 6. The molecule has 0 bridgehead atoms. The second-order valence-corrected chi connectivity index (χ2v) is 9.78. The normalized spacial score (nSPS) is 14.3. The van der Waals surface area contributed by atoms with Gasteiger partial charge in [0.2, 0.25) is 0 Å². The van der Waals surface area contributed by atoms with Crippen molar-refractivity contribution in [2.24, 2.45) is 0 Å². The molecule has 1 saturated heterocycles. The van der Waals surface area contributed by atoms with Crippen LogP contribution < -0.4 is 10.5 Å². The number of anilines is 1. The van der Waals surface area contributed by atoms with Gasteiger partial charge in [0.05, 0.1) is 23.4 Å². The zero-order valence-electron chi connectivity index (χ0n) is 18.2. The van der Waals surface area contributed by atoms with E-state index >= 15 is 0 Å². The summed E-state index contributed by atoms with van der Waals surface area (Å²) in [6, 6.07) is 14.6. The molecule has 10 heteroatoms. The summed E-state index contributed by atoms with van der Waals surface area (Å²) in [6.45, 7) is 4.52. The molecule has 0 radical (unpaired) electrons. The van der Waals surface area contributed by atoms with Crippen LogP contribution in [0, 0.1) is 0 Å². The first-order chi connectivity index (χ1) is 16.1. The Kier molecular flexibility index (Phi) is 8.00. The number of ether oxygens (including phenoxy) is 1. The predicted octanol–water partition coefficient (Wildman–Crippen LogP) is 4.96. The number of amides is 1. The van der Waals surface area contributed by atoms with Crippen molar-refractivity contribution in [1.82, 2.24) is 9.88 Å². The maximum absolute atomic E-state index is 13.6. The Hall–Kier alpha value is -2.30. The lowest BCUT2D eigenvalue weighted by atomic mass is 10.1. The lowest BCUT2D eigenvalue weighted by Crippen LogP contribution is -2.40. The smallest absolute Gasteiger partial charge is 0.349 e. The number of carbonyl (C=O) groups is 1. The second-order valence-electron chi connectivity index (χ2n) is 7.86. The van der Waals surface area contributed by atoms with Gasteiger partial charge in [-0.15, -0.1) is 12.4 Å². The summed E-state index contributed by atoms with van der Waals surface area (Å²) in [5.41, 5.74) is 0.652. The van der Waals surface area contributed by atoms with Crippen molar-refractivity contribution in [2.75, 3.05) is 44.3 Å². The van der Waals surface area contributed by atoms with E-state index in [9.17, 15) is 9.59 Å². The highest BCUT2D eigenvalue weighted by molar-refractivity contribution is 9.10. The number of para-hydroxylation sites is 1. The minimum absolute atomic E-state index is 0. The van der Waals surface area contributed by atoms with Gasteiger partial charge in [-0.3, -0.25) is 14.6 Å². The molecule has 0 unspecified atom stereocenters. The van der Waals surface area contributed by atoms with Crippen LogP contribution in [0.3, 0.4) is 0 Å². The molecule has 178 valence electrons. The highest BCUT2D eigenvalue weighted by Crippen LogP contribution is 2.32. The second kappa shape index (κ2) is 11.0. The Morgan fingerprint density at radius 1 is 1.15 bits per heavy atom. The summed E-state index contributed by atoms with van der Waals surface area (Å²) >= 11 is 4.93. The molecule has 0 spiro atoms. The molecular formula is C24H23BrClN3O4S. The number of halogens is 2. The molecule has 34 heavy (non-hydrogen) atoms. The lowest BCUT2D eigenvalue weighted by molar-refractivity contribution is 0.0376. The van der Waals surface area contributed by atoms with Crippen molar-refractivity contribution < 1.29 is 13.9 Å². The van der Waals surface area contributed by atoms with Gasteiger partial charge in [0.1, 0.15) is 11.1 Å². The van der Waals surface area contributed by atoms with Gasteiger partial charge >= 0.3 is 5.63 Å². The number of hydrogen-bond donors (Lipinski definition) is 0. The fourth-order valence-electron chi connectivity index (χ4n) is 3.92. The predicted molar refractivity (Wildman–Crippen MR) is 141 cm³/mol. The van der Waals surface area contributed by atoms with Crippen LogP contribution in [-0.4, -0.2) is 55.2 Å². The summed E-state index contributed by atoms with van der Waals surface area (Å²) < 4.78 is 12.8. The maximum Gasteiger partial charge on any atom is 0.349 e. The van der Waals surface area contributed by atoms with Gasteiger partial charge in [-0.1, -0.05) is 45.5 Å². The van der Waals surface area contributed by atoms with Gasteiger partial charge in [-0.05, 0) is 36.8 Å². The highest BCUT2D eigenvalue weighted by atomic mass is 79.9. The fourth-order valence-corrected chi connectivity index (χ4v) is 5.46. The first-order valence-electron chi connectivity index (χ1n) is 10.8. The monoisotopic (exact) mass is 563 g/mol. The van der Waals surface area contributed by atoms with E-state index in [2.05, 4.69) is 20.8 Å². The molecule has 1 fully saturated rings. The van der Waals surface area contributed by atoms with E-state index < -0.39 is 11.5 Å². The zero-order valence-corrected chi connectivity index (χ0v) is 21.5. The SMILES string of the molecule is Cl.O=C(c1cc2ccccc2oc1=O)N(CCCN1CCOCC1)c1nc2ccc(Br)cc2s1. The van der Waals surface area contributed by atoms with Crippen molar-refractivity contribution >= 4 is 71.9 Å². The van der Waals surface area contributed by atoms with E-state index in [4.69, 9.17) is 14.1 Å². The van der Waals surface area contributed by atoms with E-state index in [0.717, 1.165) is 54.0 Å². The van der Waals surface area contributed by atoms with Crippen molar-refractivity contribution in [3.05, 3.63) is 69.0 Å². The van der Waals surface area contributed by atoms with E-state index in [1.807, 2.05) is 30.3 Å². The average molecular weight is 565 g/mol. The third-order valence-corrected chi connectivity index (χ3v) is 7.18. The Morgan fingerprint density at radius 2 is 1.94 bits per heavy atom. The number of morpholine rings is 1. The van der Waals surface area contributed by atoms with Gasteiger partial charge < -0.3 is 9.15 Å². The van der Waals surface area contributed by atoms with Crippen LogP contribution in [0.5, 0.6) is 0 Å². The molecule has 4 aromatic rings. The van der Waals surface area contributed by atoms with Crippen molar-refractivity contribution in [1.29, 1.82) is 0 Å². The molecule has 2 aromatic carbocycles. The summed E-state index contributed by atoms with van der Waals surface area (Å²) in [4.78, 5) is 34.9. The Labute approximate surface area is 214 Å². The summed E-state index contributed by atoms with van der Waals surface area (Å²) in [6.07, 6.45) is 0.754. The molecule has 0 atom stereocenters. The van der Waals surface area contributed by atoms with E-state index in [1.165, 1.54) is 11.3 Å². The van der Waals surface area contributed by atoms with Crippen molar-refractivity contribution in [3.63, 3.8) is 0 Å². The van der Waals surface area contributed by atoms with E-state index in [0.29, 0.717) is 22.6 Å². The first-order valence-corrected chi connectivity index (χ1v) is 12.4. The van der Waals surface area contributed by atoms with Gasteiger partial charge in [-0.25, -0.2) is 9.78 Å². The number of thiazole rings is 1. The molecule has 1 aliphatic rings. The summed E-state index contributed by atoms with van der Waals surface area (Å²) in [5.74, 6) is -0.394. The number of aromatic nitrogens is 1. The molecule has 1 amide bonds. The molecule has 7 nitrogen and oxygen atoms in total. The van der Waals surface area contributed by atoms with Crippen LogP contribution in [0.25, 0.3) is 21.2 Å². The topological polar surface area (TPSA) is 75.9 Å². The third-order valence-electron chi connectivity index (χ3n) is 5.65. The molecule has 0 aliphatic carbocycles. The lowest BCUT2D eigenvalue weighted by Gasteiger charge is -2.27. The quantitative estimate of drug-likeness (QED) is 0.308. The van der Waals surface area contributed by atoms with Crippen molar-refractivity contribution in [3.8, 4) is 0 Å². The minimum Gasteiger partial charge on any atom is -0.422 e. The standard InChI is InChI=1S/C24H22BrN3O4S.ClH/c25-17-6-7-19-21(15-17)33-24(26-19)28(9-3-8-27-10-12-31-13-11-27)22(29)18-14-16-4-1-2-5-20(16)32-23(18)30;/h1-2,4-7,14-15H,3,8-13H2;1H. The number of hydrogen-bond acceptors (Lipinski definition) is 7. The molecule has 2 aromatic heterocycles.